The van der Waals surface area contributed by atoms with Crippen LogP contribution in [0, 0.1) is 0 Å². The SMILES string of the molecule is CCCN(CCN(C)C)c1cc(Cl)ccc1CNC1CC1. The normalized spacial score (nSPS) is 14.7. The summed E-state index contributed by atoms with van der Waals surface area (Å²) in [5.74, 6) is 0. The van der Waals surface area contributed by atoms with Gasteiger partial charge < -0.3 is 15.1 Å². The van der Waals surface area contributed by atoms with E-state index in [1.807, 2.05) is 6.07 Å². The van der Waals surface area contributed by atoms with E-state index in [2.05, 4.69) is 48.3 Å². The minimum absolute atomic E-state index is 0.731. The van der Waals surface area contributed by atoms with Gasteiger partial charge in [0.25, 0.3) is 0 Å². The van der Waals surface area contributed by atoms with Crippen LogP contribution < -0.4 is 10.2 Å². The molecule has 0 spiro atoms. The molecule has 1 aromatic carbocycles. The van der Waals surface area contributed by atoms with Crippen molar-refractivity contribution < 1.29 is 0 Å². The van der Waals surface area contributed by atoms with Gasteiger partial charge in [-0.15, -0.1) is 0 Å². The van der Waals surface area contributed by atoms with Crippen molar-refractivity contribution in [1.29, 1.82) is 0 Å². The van der Waals surface area contributed by atoms with E-state index in [4.69, 9.17) is 11.6 Å². The van der Waals surface area contributed by atoms with Crippen LogP contribution in [0.25, 0.3) is 0 Å². The average Bonchev–Trinajstić information content (AvgIpc) is 3.26. The predicted molar refractivity (Wildman–Crippen MR) is 92.4 cm³/mol. The third kappa shape index (κ3) is 5.50. The molecule has 0 aliphatic heterocycles. The number of hydrogen-bond acceptors (Lipinski definition) is 3. The molecular weight excluding hydrogens is 282 g/mol. The largest absolute Gasteiger partial charge is 0.370 e. The van der Waals surface area contributed by atoms with Crippen molar-refractivity contribution in [1.82, 2.24) is 10.2 Å². The highest BCUT2D eigenvalue weighted by Crippen LogP contribution is 2.27. The second kappa shape index (κ2) is 8.02. The number of rotatable bonds is 9. The van der Waals surface area contributed by atoms with Crippen LogP contribution in [0.2, 0.25) is 5.02 Å². The van der Waals surface area contributed by atoms with Gasteiger partial charge in [0.1, 0.15) is 0 Å². The Morgan fingerprint density at radius 3 is 2.57 bits per heavy atom. The number of nitrogens with zero attached hydrogens (tertiary/aromatic N) is 2. The summed E-state index contributed by atoms with van der Waals surface area (Å²) in [5, 5.41) is 4.44. The molecule has 1 N–H and O–H groups in total. The van der Waals surface area contributed by atoms with E-state index >= 15 is 0 Å². The molecule has 0 saturated heterocycles. The lowest BCUT2D eigenvalue weighted by Gasteiger charge is -2.28. The fourth-order valence-electron chi connectivity index (χ4n) is 2.47. The molecule has 0 unspecified atom stereocenters. The molecule has 21 heavy (non-hydrogen) atoms. The van der Waals surface area contributed by atoms with Gasteiger partial charge in [-0.25, -0.2) is 0 Å². The van der Waals surface area contributed by atoms with E-state index in [1.165, 1.54) is 24.1 Å². The van der Waals surface area contributed by atoms with Gasteiger partial charge in [-0.2, -0.15) is 0 Å². The molecule has 118 valence electrons. The van der Waals surface area contributed by atoms with Crippen LogP contribution in [0.5, 0.6) is 0 Å². The van der Waals surface area contributed by atoms with Crippen LogP contribution in [0.4, 0.5) is 5.69 Å². The van der Waals surface area contributed by atoms with E-state index in [9.17, 15) is 0 Å². The summed E-state index contributed by atoms with van der Waals surface area (Å²) in [4.78, 5) is 4.70. The van der Waals surface area contributed by atoms with E-state index in [0.29, 0.717) is 0 Å². The molecule has 0 atom stereocenters. The van der Waals surface area contributed by atoms with Crippen molar-refractivity contribution in [3.8, 4) is 0 Å². The molecule has 1 aromatic rings. The third-order valence-corrected chi connectivity index (χ3v) is 4.09. The van der Waals surface area contributed by atoms with E-state index in [1.54, 1.807) is 0 Å². The van der Waals surface area contributed by atoms with Crippen LogP contribution in [-0.4, -0.2) is 44.7 Å². The summed E-state index contributed by atoms with van der Waals surface area (Å²) >= 11 is 6.24. The summed E-state index contributed by atoms with van der Waals surface area (Å²) in [6, 6.07) is 7.03. The molecule has 0 bridgehead atoms. The van der Waals surface area contributed by atoms with Crippen molar-refractivity contribution in [2.75, 3.05) is 38.6 Å². The molecule has 1 saturated carbocycles. The summed E-state index contributed by atoms with van der Waals surface area (Å²) in [6.45, 7) is 6.35. The van der Waals surface area contributed by atoms with Gasteiger partial charge in [0.2, 0.25) is 0 Å². The first-order valence-electron chi connectivity index (χ1n) is 8.01. The second-order valence-corrected chi connectivity index (χ2v) is 6.65. The molecule has 0 amide bonds. The first-order chi connectivity index (χ1) is 10.1. The molecule has 1 aliphatic rings. The molecular formula is C17H28ClN3. The Labute approximate surface area is 134 Å². The lowest BCUT2D eigenvalue weighted by Crippen LogP contribution is -2.33. The van der Waals surface area contributed by atoms with Gasteiger partial charge in [0, 0.05) is 42.9 Å². The highest BCUT2D eigenvalue weighted by Gasteiger charge is 2.21. The zero-order valence-corrected chi connectivity index (χ0v) is 14.3. The van der Waals surface area contributed by atoms with Gasteiger partial charge in [0.05, 0.1) is 0 Å². The number of halogens is 1. The molecule has 0 heterocycles. The molecule has 2 rings (SSSR count). The summed E-state index contributed by atoms with van der Waals surface area (Å²) in [7, 11) is 4.25. The van der Waals surface area contributed by atoms with Crippen LogP contribution in [0.3, 0.4) is 0 Å². The maximum absolute atomic E-state index is 6.24. The zero-order chi connectivity index (χ0) is 15.2. The Kier molecular flexibility index (Phi) is 6.34. The zero-order valence-electron chi connectivity index (χ0n) is 13.5. The smallest absolute Gasteiger partial charge is 0.0427 e. The average molecular weight is 310 g/mol. The Morgan fingerprint density at radius 1 is 1.19 bits per heavy atom. The van der Waals surface area contributed by atoms with Crippen molar-refractivity contribution in [2.45, 2.75) is 38.8 Å². The standard InChI is InChI=1S/C17H28ClN3/c1-4-9-21(11-10-20(2)3)17-12-15(18)6-5-14(17)13-19-16-7-8-16/h5-6,12,16,19H,4,7-11,13H2,1-3H3. The molecule has 0 radical (unpaired) electrons. The lowest BCUT2D eigenvalue weighted by atomic mass is 10.1. The third-order valence-electron chi connectivity index (χ3n) is 3.86. The number of nitrogens with one attached hydrogen (secondary N) is 1. The minimum atomic E-state index is 0.731. The van der Waals surface area contributed by atoms with Crippen LogP contribution in [-0.2, 0) is 6.54 Å². The Balaban J connectivity index is 2.12. The summed E-state index contributed by atoms with van der Waals surface area (Å²) in [5.41, 5.74) is 2.65. The van der Waals surface area contributed by atoms with E-state index in [0.717, 1.165) is 43.7 Å². The molecule has 1 fully saturated rings. The quantitative estimate of drug-likeness (QED) is 0.754. The number of anilines is 1. The highest BCUT2D eigenvalue weighted by molar-refractivity contribution is 6.30. The molecule has 3 nitrogen and oxygen atoms in total. The maximum Gasteiger partial charge on any atom is 0.0427 e. The summed E-state index contributed by atoms with van der Waals surface area (Å²) < 4.78 is 0. The Morgan fingerprint density at radius 2 is 1.95 bits per heavy atom. The molecule has 0 aromatic heterocycles. The van der Waals surface area contributed by atoms with Crippen molar-refractivity contribution in [2.24, 2.45) is 0 Å². The van der Waals surface area contributed by atoms with Gasteiger partial charge in [-0.3, -0.25) is 0 Å². The second-order valence-electron chi connectivity index (χ2n) is 6.22. The Hall–Kier alpha value is -0.770. The number of benzene rings is 1. The van der Waals surface area contributed by atoms with Crippen molar-refractivity contribution >= 4 is 17.3 Å². The minimum Gasteiger partial charge on any atom is -0.370 e. The Bertz CT molecular complexity index is 444. The van der Waals surface area contributed by atoms with Crippen LogP contribution in [0.15, 0.2) is 18.2 Å². The van der Waals surface area contributed by atoms with E-state index < -0.39 is 0 Å². The van der Waals surface area contributed by atoms with E-state index in [-0.39, 0.29) is 0 Å². The molecule has 1 aliphatic carbocycles. The monoisotopic (exact) mass is 309 g/mol. The topological polar surface area (TPSA) is 18.5 Å². The summed E-state index contributed by atoms with van der Waals surface area (Å²) in [6.07, 6.45) is 3.79. The van der Waals surface area contributed by atoms with Gasteiger partial charge in [-0.05, 0) is 51.1 Å². The van der Waals surface area contributed by atoms with Crippen molar-refractivity contribution in [3.05, 3.63) is 28.8 Å². The first-order valence-corrected chi connectivity index (χ1v) is 8.39. The van der Waals surface area contributed by atoms with Gasteiger partial charge >= 0.3 is 0 Å². The first kappa shape index (κ1) is 16.6. The fraction of sp³-hybridized carbons (Fsp3) is 0.647. The fourth-order valence-corrected chi connectivity index (χ4v) is 2.63. The van der Waals surface area contributed by atoms with Crippen LogP contribution in [0.1, 0.15) is 31.7 Å². The number of likely N-dealkylation sites (N-methyl/N-ethyl adjacent to an activating group) is 1. The predicted octanol–water partition coefficient (Wildman–Crippen LogP) is 3.37. The van der Waals surface area contributed by atoms with Crippen molar-refractivity contribution in [3.63, 3.8) is 0 Å². The lowest BCUT2D eigenvalue weighted by molar-refractivity contribution is 0.412. The maximum atomic E-state index is 6.24. The van der Waals surface area contributed by atoms with Crippen LogP contribution >= 0.6 is 11.6 Å². The molecule has 4 heteroatoms. The van der Waals surface area contributed by atoms with Gasteiger partial charge in [0.15, 0.2) is 0 Å². The number of hydrogen-bond donors (Lipinski definition) is 1. The van der Waals surface area contributed by atoms with Gasteiger partial charge in [-0.1, -0.05) is 24.6 Å². The highest BCUT2D eigenvalue weighted by atomic mass is 35.5.